The van der Waals surface area contributed by atoms with E-state index in [1.54, 1.807) is 29.2 Å². The highest BCUT2D eigenvalue weighted by Gasteiger charge is 2.44. The molecule has 0 unspecified atom stereocenters. The SMILES string of the molecule is Brc1ccc(N2CCNCC2)cc1.C1CCOC1.C=CC(=O)Nc1cccc(Oc2ncnc3[nH]c(-c4ccc(N5CCN(CC(F)(F)F)CC5)cc4)cc23)c1.CC(=O)OC(=O)C(F)(F)F.CC(C)(C)OC(=O)N1CCN(c2ccc(Br)cc2)CC1.Cl.Cl.FC(F)(F)CN1CCN(c2ccc(Br)cc2)CC1.O=C(N1CCN(c2ccc(Br)cc2)CC1)C(F)(F)F. The largest absolute Gasteiger partial charge is 0.491 e. The van der Waals surface area contributed by atoms with E-state index in [1.807, 2.05) is 117 Å². The molecule has 14 rings (SSSR count). The number of alkyl halides is 12. The van der Waals surface area contributed by atoms with Gasteiger partial charge in [-0.3, -0.25) is 24.2 Å². The number of hydrogen-bond acceptors (Lipinski definition) is 19. The average molecular weight is 2070 g/mol. The van der Waals surface area contributed by atoms with Crippen LogP contribution in [-0.2, 0) is 33.4 Å². The number of anilines is 6. The Morgan fingerprint density at radius 2 is 0.896 bits per heavy atom. The number of benzene rings is 6. The van der Waals surface area contributed by atoms with Gasteiger partial charge in [0.05, 0.1) is 18.5 Å². The summed E-state index contributed by atoms with van der Waals surface area (Å²) in [6.07, 6.45) is -13.2. The number of H-pyrrole nitrogens is 1. The van der Waals surface area contributed by atoms with Crippen LogP contribution in [0.25, 0.3) is 22.3 Å². The van der Waals surface area contributed by atoms with Gasteiger partial charge in [0.25, 0.3) is 0 Å². The molecule has 8 heterocycles. The number of rotatable bonds is 12. The van der Waals surface area contributed by atoms with Crippen molar-refractivity contribution >= 4 is 164 Å². The zero-order valence-electron chi connectivity index (χ0n) is 68.6. The van der Waals surface area contributed by atoms with Crippen LogP contribution in [-0.4, -0.2) is 252 Å². The van der Waals surface area contributed by atoms with Gasteiger partial charge >= 0.3 is 48.6 Å². The van der Waals surface area contributed by atoms with Crippen LogP contribution in [0.2, 0.25) is 0 Å². The minimum Gasteiger partial charge on any atom is -0.444 e. The van der Waals surface area contributed by atoms with Crippen LogP contribution in [0.15, 0.2) is 189 Å². The van der Waals surface area contributed by atoms with Gasteiger partial charge in [-0.1, -0.05) is 88.5 Å². The van der Waals surface area contributed by atoms with E-state index in [9.17, 15) is 76.7 Å². The number of hydrogen-bond donors (Lipinski definition) is 3. The minimum atomic E-state index is -5.09. The van der Waals surface area contributed by atoms with Crippen molar-refractivity contribution in [3.63, 3.8) is 0 Å². The summed E-state index contributed by atoms with van der Waals surface area (Å²) in [6.45, 7) is 22.6. The topological polar surface area (TPSA) is 217 Å². The van der Waals surface area contributed by atoms with Crippen LogP contribution in [0.3, 0.4) is 0 Å². The van der Waals surface area contributed by atoms with Crippen LogP contribution in [0.1, 0.15) is 40.5 Å². The molecule has 0 spiro atoms. The smallest absolute Gasteiger partial charge is 0.444 e. The van der Waals surface area contributed by atoms with Crippen LogP contribution >= 0.6 is 88.5 Å². The number of piperazine rings is 5. The van der Waals surface area contributed by atoms with E-state index < -0.39 is 61.2 Å². The zero-order valence-corrected chi connectivity index (χ0v) is 76.6. The fraction of sp³-hybridized carbons (Fsp3) is 0.417. The molecule has 0 atom stereocenters. The molecule has 8 aromatic rings. The Hall–Kier alpha value is -8.67. The molecule has 6 saturated heterocycles. The molecule has 3 N–H and O–H groups in total. The number of ether oxygens (including phenoxy) is 4. The summed E-state index contributed by atoms with van der Waals surface area (Å²) in [6, 6.07) is 48.8. The van der Waals surface area contributed by atoms with E-state index in [1.165, 1.54) is 46.4 Å². The number of aromatic nitrogens is 3. The predicted molar refractivity (Wildman–Crippen MR) is 478 cm³/mol. The molecule has 3 amide bonds. The maximum atomic E-state index is 12.7. The van der Waals surface area contributed by atoms with Gasteiger partial charge in [-0.05, 0) is 173 Å². The number of carbonyl (C=O) groups is 5. The number of fused-ring (bicyclic) bond motifs is 1. The summed E-state index contributed by atoms with van der Waals surface area (Å²) < 4.78 is 169. The number of aromatic amines is 1. The summed E-state index contributed by atoms with van der Waals surface area (Å²) >= 11 is 13.6. The number of nitrogens with one attached hydrogen (secondary N) is 3. The second kappa shape index (κ2) is 50.2. The molecule has 0 bridgehead atoms. The standard InChI is InChI=1S/C27H25F3N6O2.C15H21BrN2O2.C12H12BrF3N2O.C12H14BrF3N2.C10H13BrN2.C4H3F3O3.C4H8O.2ClH/c1-2-24(37)33-19-4-3-5-21(14-19)38-26-22-15-23(34-25(22)31-17-32-26)18-6-8-20(9-7-18)36-12-10-35(11-13-36)16-27(28,29)30;1-15(2,3)20-14(19)18-10-8-17(9-11-18)13-6-4-12(16)5-7-13;13-9-1-3-10(4-2-9)17-5-7-18(8-6-17)11(19)12(14,15)16;13-10-1-3-11(4-2-10)18-7-5-17(6-8-18)9-12(14,15)16;11-9-1-3-10(4-2-9)13-7-5-12-6-8-13;1-2(8)10-3(9)4(5,6)7;1-2-4-5-3-1;;/h2-9,14-15,17H,1,10-13,16H2,(H,33,37)(H,31,32,34);4-7H,8-11H2,1-3H3;1-4H,5-8H2;1-4H,5-9H2;1-4,12H,5-8H2;1H3;1-4H2;2*1H. The molecular weight excluding hydrogens is 1970 g/mol. The highest BCUT2D eigenvalue weighted by Crippen LogP contribution is 2.34. The highest BCUT2D eigenvalue weighted by molar-refractivity contribution is 9.11. The van der Waals surface area contributed by atoms with Gasteiger partial charge in [0, 0.05) is 215 Å². The van der Waals surface area contributed by atoms with E-state index in [4.69, 9.17) is 14.2 Å². The third-order valence-corrected chi connectivity index (χ3v) is 21.0. The lowest BCUT2D eigenvalue weighted by Crippen LogP contribution is -2.52. The molecule has 6 aliphatic rings. The normalized spacial score (nSPS) is 15.8. The van der Waals surface area contributed by atoms with Crippen LogP contribution in [0, 0.1) is 0 Å². The third kappa shape index (κ3) is 37.3. The van der Waals surface area contributed by atoms with Gasteiger partial charge in [0.15, 0.2) is 0 Å². The van der Waals surface area contributed by atoms with Crippen molar-refractivity contribution in [2.24, 2.45) is 0 Å². The zero-order chi connectivity index (χ0) is 89.7. The first-order chi connectivity index (χ1) is 58.1. The first-order valence-corrected chi connectivity index (χ1v) is 42.2. The van der Waals surface area contributed by atoms with Gasteiger partial charge in [0.1, 0.15) is 23.3 Å². The second-order valence-electron chi connectivity index (χ2n) is 29.3. The van der Waals surface area contributed by atoms with Crippen molar-refractivity contribution in [2.75, 3.05) is 187 Å². The highest BCUT2D eigenvalue weighted by atomic mass is 79.9. The monoisotopic (exact) mass is 2060 g/mol. The maximum Gasteiger partial charge on any atom is 0.491 e. The summed E-state index contributed by atoms with van der Waals surface area (Å²) in [5.41, 5.74) is 7.96. The molecule has 0 saturated carbocycles. The van der Waals surface area contributed by atoms with Crippen molar-refractivity contribution in [3.05, 3.63) is 189 Å². The first kappa shape index (κ1) is 105. The van der Waals surface area contributed by atoms with Crippen LogP contribution in [0.5, 0.6) is 11.6 Å². The van der Waals surface area contributed by atoms with Gasteiger partial charge in [-0.25, -0.2) is 19.6 Å². The Kier molecular flexibility index (Phi) is 42.2. The summed E-state index contributed by atoms with van der Waals surface area (Å²) in [5.74, 6) is -4.98. The van der Waals surface area contributed by atoms with Gasteiger partial charge in [-0.15, -0.1) is 24.8 Å². The fourth-order valence-corrected chi connectivity index (χ4v) is 13.9. The van der Waals surface area contributed by atoms with Crippen LogP contribution < -0.4 is 39.9 Å². The lowest BCUT2D eigenvalue weighted by atomic mass is 10.1. The lowest BCUT2D eigenvalue weighted by Gasteiger charge is -2.36. The quantitative estimate of drug-likeness (QED) is 0.0448. The summed E-state index contributed by atoms with van der Waals surface area (Å²) in [4.78, 5) is 82.4. The molecule has 6 aliphatic heterocycles. The van der Waals surface area contributed by atoms with Crippen molar-refractivity contribution in [3.8, 4) is 22.9 Å². The Labute approximate surface area is 763 Å². The Bertz CT molecular complexity index is 4640. The van der Waals surface area contributed by atoms with E-state index >= 15 is 0 Å². The molecule has 2 aromatic heterocycles. The summed E-state index contributed by atoms with van der Waals surface area (Å²) in [5, 5.41) is 6.73. The molecule has 6 fully saturated rings. The van der Waals surface area contributed by atoms with Crippen molar-refractivity contribution in [1.82, 2.24) is 39.9 Å². The molecular formula is C84H98Br4Cl2F12N14O9. The molecule has 684 valence electrons. The van der Waals surface area contributed by atoms with E-state index in [0.717, 1.165) is 104 Å². The molecule has 125 heavy (non-hydrogen) atoms. The first-order valence-electron chi connectivity index (χ1n) is 39.1. The second-order valence-corrected chi connectivity index (χ2v) is 33.0. The average Bonchev–Trinajstić information content (AvgIpc) is 1.65. The number of halogens is 18. The lowest BCUT2D eigenvalue weighted by molar-refractivity contribution is -0.201. The molecule has 6 aromatic carbocycles. The van der Waals surface area contributed by atoms with Crippen LogP contribution in [0.4, 0.5) is 91.6 Å². The van der Waals surface area contributed by atoms with E-state index in [-0.39, 0.29) is 49.9 Å². The van der Waals surface area contributed by atoms with Gasteiger partial charge in [-0.2, -0.15) is 52.7 Å². The Morgan fingerprint density at radius 1 is 0.504 bits per heavy atom. The number of amides is 3. The van der Waals surface area contributed by atoms with Gasteiger partial charge in [0.2, 0.25) is 11.8 Å². The van der Waals surface area contributed by atoms with Crippen molar-refractivity contribution in [2.45, 2.75) is 70.8 Å². The maximum absolute atomic E-state index is 12.7. The number of nitrogens with zero attached hydrogens (tertiary/aromatic N) is 11. The molecule has 0 aliphatic carbocycles. The van der Waals surface area contributed by atoms with Crippen molar-refractivity contribution in [1.29, 1.82) is 0 Å². The Balaban J connectivity index is 0.000000240. The number of esters is 2. The van der Waals surface area contributed by atoms with E-state index in [2.05, 4.69) is 157 Å². The fourth-order valence-electron chi connectivity index (χ4n) is 12.8. The van der Waals surface area contributed by atoms with Crippen molar-refractivity contribution < 1.29 is 95.6 Å². The molecule has 0 radical (unpaired) electrons. The summed E-state index contributed by atoms with van der Waals surface area (Å²) in [7, 11) is 0. The third-order valence-electron chi connectivity index (χ3n) is 18.9. The van der Waals surface area contributed by atoms with Gasteiger partial charge < -0.3 is 68.9 Å². The minimum absolute atomic E-state index is 0. The van der Waals surface area contributed by atoms with E-state index in [0.29, 0.717) is 114 Å². The molecule has 41 heteroatoms. The Morgan fingerprint density at radius 3 is 1.25 bits per heavy atom. The number of carbonyl (C=O) groups excluding carboxylic acids is 5. The molecule has 23 nitrogen and oxygen atoms in total. The predicted octanol–water partition coefficient (Wildman–Crippen LogP) is 18.7.